The topological polar surface area (TPSA) is 9.23 Å². The fraction of sp³-hybridized carbons (Fsp3) is 0.357. The molecule has 0 aliphatic heterocycles. The van der Waals surface area contributed by atoms with Gasteiger partial charge in [-0.1, -0.05) is 49.7 Å². The van der Waals surface area contributed by atoms with Gasteiger partial charge in [0, 0.05) is 5.56 Å². The lowest BCUT2D eigenvalue weighted by molar-refractivity contribution is 0.176. The van der Waals surface area contributed by atoms with E-state index in [1.54, 1.807) is 6.07 Å². The summed E-state index contributed by atoms with van der Waals surface area (Å²) in [7, 11) is 0. The molecule has 0 saturated heterocycles. The normalized spacial score (nSPS) is 18.3. The summed E-state index contributed by atoms with van der Waals surface area (Å²) in [5, 5.41) is 0. The lowest BCUT2D eigenvalue weighted by atomic mass is 9.76. The molecule has 4 rings (SSSR count). The Kier molecular flexibility index (Phi) is 7.36. The molecule has 0 amide bonds. The molecule has 0 spiro atoms. The first kappa shape index (κ1) is 23.3. The third-order valence-corrected chi connectivity index (χ3v) is 6.69. The van der Waals surface area contributed by atoms with Gasteiger partial charge in [-0.05, 0) is 84.4 Å². The van der Waals surface area contributed by atoms with Crippen molar-refractivity contribution < 1.29 is 22.3 Å². The van der Waals surface area contributed by atoms with Crippen molar-refractivity contribution in [3.05, 3.63) is 88.7 Å². The Morgan fingerprint density at radius 1 is 0.758 bits per heavy atom. The summed E-state index contributed by atoms with van der Waals surface area (Å²) in [6.45, 7) is 0.837. The first-order valence-corrected chi connectivity index (χ1v) is 11.6. The Bertz CT molecular complexity index is 1060. The second kappa shape index (κ2) is 10.4. The Morgan fingerprint density at radius 2 is 1.33 bits per heavy atom. The molecule has 0 radical (unpaired) electrons. The third kappa shape index (κ3) is 5.23. The van der Waals surface area contributed by atoms with Crippen LogP contribution in [0.5, 0.6) is 5.75 Å². The number of benzene rings is 3. The fourth-order valence-corrected chi connectivity index (χ4v) is 4.93. The lowest BCUT2D eigenvalue weighted by Gasteiger charge is -2.29. The zero-order chi connectivity index (χ0) is 23.4. The van der Waals surface area contributed by atoms with Gasteiger partial charge < -0.3 is 4.74 Å². The number of hydrogen-bond donors (Lipinski definition) is 0. The molecule has 3 aromatic carbocycles. The van der Waals surface area contributed by atoms with E-state index in [9.17, 15) is 17.6 Å². The molecule has 0 aromatic heterocycles. The van der Waals surface area contributed by atoms with Crippen molar-refractivity contribution >= 4 is 0 Å². The second-order valence-corrected chi connectivity index (χ2v) is 8.80. The van der Waals surface area contributed by atoms with E-state index in [4.69, 9.17) is 0 Å². The van der Waals surface area contributed by atoms with Gasteiger partial charge in [0.1, 0.15) is 5.82 Å². The average molecular weight is 457 g/mol. The van der Waals surface area contributed by atoms with E-state index in [0.29, 0.717) is 5.92 Å². The van der Waals surface area contributed by atoms with E-state index < -0.39 is 30.1 Å². The molecule has 0 N–H and O–H groups in total. The molecule has 1 saturated carbocycles. The molecule has 1 aliphatic rings. The average Bonchev–Trinajstić information content (AvgIpc) is 2.82. The van der Waals surface area contributed by atoms with Crippen molar-refractivity contribution in [1.82, 2.24) is 0 Å². The number of halogens is 4. The summed E-state index contributed by atoms with van der Waals surface area (Å²) in [6.07, 6.45) is 6.28. The summed E-state index contributed by atoms with van der Waals surface area (Å²) < 4.78 is 59.7. The van der Waals surface area contributed by atoms with Gasteiger partial charge in [0.2, 0.25) is 6.86 Å². The standard InChI is InChI=1S/C28H28F4O/c1-2-3-18-4-6-19(7-5-18)20-8-10-21(11-9-20)22-12-13-24(25(30)14-22)23-15-26(31)28(33-17-29)27(32)16-23/h4-7,12-16,20-21H,2-3,8-11,17H2,1H3. The highest BCUT2D eigenvalue weighted by atomic mass is 19.1. The minimum atomic E-state index is -1.34. The van der Waals surface area contributed by atoms with E-state index in [1.807, 2.05) is 6.07 Å². The summed E-state index contributed by atoms with van der Waals surface area (Å²) >= 11 is 0. The number of aryl methyl sites for hydroxylation is 1. The van der Waals surface area contributed by atoms with Crippen molar-refractivity contribution in [3.8, 4) is 16.9 Å². The molecule has 1 nitrogen and oxygen atoms in total. The molecular weight excluding hydrogens is 428 g/mol. The molecule has 0 atom stereocenters. The van der Waals surface area contributed by atoms with Crippen LogP contribution in [0.25, 0.3) is 11.1 Å². The Hall–Kier alpha value is -2.82. The van der Waals surface area contributed by atoms with Gasteiger partial charge >= 0.3 is 0 Å². The minimum Gasteiger partial charge on any atom is -0.457 e. The first-order valence-electron chi connectivity index (χ1n) is 11.6. The van der Waals surface area contributed by atoms with E-state index in [-0.39, 0.29) is 17.0 Å². The zero-order valence-electron chi connectivity index (χ0n) is 18.7. The fourth-order valence-electron chi connectivity index (χ4n) is 4.93. The van der Waals surface area contributed by atoms with Gasteiger partial charge in [-0.25, -0.2) is 17.6 Å². The molecule has 0 heterocycles. The van der Waals surface area contributed by atoms with Gasteiger partial charge in [0.15, 0.2) is 17.4 Å². The van der Waals surface area contributed by atoms with Crippen LogP contribution in [0.1, 0.15) is 67.6 Å². The van der Waals surface area contributed by atoms with Crippen LogP contribution in [0.3, 0.4) is 0 Å². The van der Waals surface area contributed by atoms with Gasteiger partial charge in [-0.15, -0.1) is 0 Å². The Labute approximate surface area is 192 Å². The molecule has 1 fully saturated rings. The summed E-state index contributed by atoms with van der Waals surface area (Å²) in [6, 6.07) is 15.7. The number of ether oxygens (including phenoxy) is 1. The molecule has 1 aliphatic carbocycles. The van der Waals surface area contributed by atoms with Gasteiger partial charge in [0.05, 0.1) is 0 Å². The van der Waals surface area contributed by atoms with Crippen LogP contribution in [0.15, 0.2) is 54.6 Å². The highest BCUT2D eigenvalue weighted by Crippen LogP contribution is 2.41. The predicted molar refractivity (Wildman–Crippen MR) is 123 cm³/mol. The van der Waals surface area contributed by atoms with Crippen LogP contribution in [0, 0.1) is 17.5 Å². The highest BCUT2D eigenvalue weighted by molar-refractivity contribution is 5.66. The Balaban J connectivity index is 1.45. The monoisotopic (exact) mass is 456 g/mol. The van der Waals surface area contributed by atoms with Crippen molar-refractivity contribution in [3.63, 3.8) is 0 Å². The summed E-state index contributed by atoms with van der Waals surface area (Å²) in [4.78, 5) is 0. The maximum atomic E-state index is 14.9. The molecule has 3 aromatic rings. The molecule has 0 unspecified atom stereocenters. The largest absolute Gasteiger partial charge is 0.457 e. The van der Waals surface area contributed by atoms with Crippen LogP contribution in [0.2, 0.25) is 0 Å². The van der Waals surface area contributed by atoms with E-state index >= 15 is 0 Å². The van der Waals surface area contributed by atoms with E-state index in [0.717, 1.165) is 56.2 Å². The van der Waals surface area contributed by atoms with Crippen LogP contribution >= 0.6 is 0 Å². The third-order valence-electron chi connectivity index (χ3n) is 6.69. The minimum absolute atomic E-state index is 0.0514. The zero-order valence-corrected chi connectivity index (χ0v) is 18.7. The maximum absolute atomic E-state index is 14.9. The SMILES string of the molecule is CCCc1ccc(C2CCC(c3ccc(-c4cc(F)c(OCF)c(F)c4)c(F)c3)CC2)cc1. The summed E-state index contributed by atoms with van der Waals surface area (Å²) in [5.41, 5.74) is 3.81. The predicted octanol–water partition coefficient (Wildman–Crippen LogP) is 8.47. The van der Waals surface area contributed by atoms with Crippen LogP contribution in [-0.2, 0) is 6.42 Å². The van der Waals surface area contributed by atoms with Crippen LogP contribution < -0.4 is 4.74 Å². The lowest BCUT2D eigenvalue weighted by Crippen LogP contribution is -2.12. The van der Waals surface area contributed by atoms with E-state index in [2.05, 4.69) is 35.9 Å². The second-order valence-electron chi connectivity index (χ2n) is 8.80. The molecule has 33 heavy (non-hydrogen) atoms. The van der Waals surface area contributed by atoms with E-state index in [1.165, 1.54) is 17.2 Å². The highest BCUT2D eigenvalue weighted by Gasteiger charge is 2.24. The number of rotatable bonds is 7. The number of hydrogen-bond acceptors (Lipinski definition) is 1. The number of alkyl halides is 1. The Morgan fingerprint density at radius 3 is 1.88 bits per heavy atom. The summed E-state index contributed by atoms with van der Waals surface area (Å²) in [5.74, 6) is -2.66. The molecular formula is C28H28F4O. The van der Waals surface area contributed by atoms with Crippen LogP contribution in [0.4, 0.5) is 17.6 Å². The quantitative estimate of drug-likeness (QED) is 0.324. The van der Waals surface area contributed by atoms with Gasteiger partial charge in [-0.2, -0.15) is 0 Å². The van der Waals surface area contributed by atoms with Gasteiger partial charge in [0.25, 0.3) is 0 Å². The maximum Gasteiger partial charge on any atom is 0.228 e. The smallest absolute Gasteiger partial charge is 0.228 e. The molecule has 5 heteroatoms. The van der Waals surface area contributed by atoms with Crippen molar-refractivity contribution in [2.75, 3.05) is 6.86 Å². The van der Waals surface area contributed by atoms with Crippen molar-refractivity contribution in [1.29, 1.82) is 0 Å². The van der Waals surface area contributed by atoms with Crippen LogP contribution in [-0.4, -0.2) is 6.86 Å². The molecule has 174 valence electrons. The molecule has 0 bridgehead atoms. The van der Waals surface area contributed by atoms with Gasteiger partial charge in [-0.3, -0.25) is 0 Å². The van der Waals surface area contributed by atoms with Crippen molar-refractivity contribution in [2.45, 2.75) is 57.3 Å². The van der Waals surface area contributed by atoms with Crippen molar-refractivity contribution in [2.24, 2.45) is 0 Å². The first-order chi connectivity index (χ1) is 16.0.